The lowest BCUT2D eigenvalue weighted by Crippen LogP contribution is -2.21. The van der Waals surface area contributed by atoms with Gasteiger partial charge in [-0.05, 0) is 48.6 Å². The van der Waals surface area contributed by atoms with E-state index in [0.717, 1.165) is 17.5 Å². The lowest BCUT2D eigenvalue weighted by Gasteiger charge is -2.14. The van der Waals surface area contributed by atoms with Crippen LogP contribution in [0.2, 0.25) is 0 Å². The van der Waals surface area contributed by atoms with Gasteiger partial charge in [-0.15, -0.1) is 0 Å². The lowest BCUT2D eigenvalue weighted by molar-refractivity contribution is -0.149. The van der Waals surface area contributed by atoms with Crippen molar-refractivity contribution in [2.24, 2.45) is 0 Å². The fraction of sp³-hybridized carbons (Fsp3) is 0.435. The number of esters is 1. The molecule has 0 aliphatic heterocycles. The molecular formula is C23H29FO3. The molecule has 0 bridgehead atoms. The van der Waals surface area contributed by atoms with Crippen molar-refractivity contribution in [3.05, 3.63) is 53.8 Å². The molecule has 2 aromatic rings. The van der Waals surface area contributed by atoms with Crippen molar-refractivity contribution in [2.75, 3.05) is 6.61 Å². The normalized spacial score (nSPS) is 11.9. The second-order valence-corrected chi connectivity index (χ2v) is 6.76. The molecule has 0 N–H and O–H groups in total. The van der Waals surface area contributed by atoms with Crippen LogP contribution in [0.4, 0.5) is 4.39 Å². The summed E-state index contributed by atoms with van der Waals surface area (Å²) in [7, 11) is 0. The second kappa shape index (κ2) is 10.7. The molecule has 0 heterocycles. The van der Waals surface area contributed by atoms with E-state index in [0.29, 0.717) is 6.42 Å². The number of hydrogen-bond acceptors (Lipinski definition) is 3. The van der Waals surface area contributed by atoms with Crippen molar-refractivity contribution >= 4 is 5.97 Å². The zero-order chi connectivity index (χ0) is 19.6. The second-order valence-electron chi connectivity index (χ2n) is 6.76. The minimum Gasteiger partial charge on any atom is -0.487 e. The molecule has 2 rings (SSSR count). The van der Waals surface area contributed by atoms with E-state index in [1.54, 1.807) is 19.9 Å². The van der Waals surface area contributed by atoms with E-state index in [4.69, 9.17) is 9.47 Å². The highest BCUT2D eigenvalue weighted by atomic mass is 19.1. The summed E-state index contributed by atoms with van der Waals surface area (Å²) in [5.74, 6) is -0.553. The van der Waals surface area contributed by atoms with E-state index in [1.165, 1.54) is 30.9 Å². The van der Waals surface area contributed by atoms with Crippen LogP contribution in [0.15, 0.2) is 42.5 Å². The van der Waals surface area contributed by atoms with Gasteiger partial charge in [0.2, 0.25) is 0 Å². The Kier molecular flexibility index (Phi) is 8.31. The van der Waals surface area contributed by atoms with E-state index >= 15 is 0 Å². The number of carbonyl (C=O) groups excluding carboxylic acids is 1. The van der Waals surface area contributed by atoms with Crippen molar-refractivity contribution in [1.82, 2.24) is 0 Å². The van der Waals surface area contributed by atoms with E-state index in [-0.39, 0.29) is 18.3 Å². The molecule has 0 aromatic heterocycles. The van der Waals surface area contributed by atoms with Gasteiger partial charge < -0.3 is 9.47 Å². The Morgan fingerprint density at radius 3 is 2.37 bits per heavy atom. The Bertz CT molecular complexity index is 725. The standard InChI is InChI=1S/C23H29FO3/c1-4-6-7-8-18-9-11-19(12-10-18)20-13-14-22(21(24)15-20)26-16-17(3)27-23(25)5-2/h9-15,17H,4-8,16H2,1-3H3. The van der Waals surface area contributed by atoms with Gasteiger partial charge in [0.05, 0.1) is 0 Å². The smallest absolute Gasteiger partial charge is 0.305 e. The third-order valence-corrected chi connectivity index (χ3v) is 4.38. The first-order valence-corrected chi connectivity index (χ1v) is 9.74. The minimum atomic E-state index is -0.423. The Balaban J connectivity index is 1.96. The predicted octanol–water partition coefficient (Wildman–Crippen LogP) is 5.95. The molecule has 0 amide bonds. The Hall–Kier alpha value is -2.36. The van der Waals surface area contributed by atoms with Crippen LogP contribution in [0.3, 0.4) is 0 Å². The molecule has 2 aromatic carbocycles. The summed E-state index contributed by atoms with van der Waals surface area (Å²) in [6.07, 6.45) is 4.62. The molecule has 0 radical (unpaired) electrons. The monoisotopic (exact) mass is 372 g/mol. The van der Waals surface area contributed by atoms with Crippen molar-refractivity contribution in [3.8, 4) is 16.9 Å². The number of aryl methyl sites for hydroxylation is 1. The number of hydrogen-bond donors (Lipinski definition) is 0. The SMILES string of the molecule is CCCCCc1ccc(-c2ccc(OCC(C)OC(=O)CC)c(F)c2)cc1. The van der Waals surface area contributed by atoms with Crippen molar-refractivity contribution in [3.63, 3.8) is 0 Å². The molecular weight excluding hydrogens is 343 g/mol. The Morgan fingerprint density at radius 1 is 1.04 bits per heavy atom. The highest BCUT2D eigenvalue weighted by molar-refractivity contribution is 5.69. The van der Waals surface area contributed by atoms with E-state index in [2.05, 4.69) is 19.1 Å². The minimum absolute atomic E-state index is 0.120. The molecule has 146 valence electrons. The third-order valence-electron chi connectivity index (χ3n) is 4.38. The number of halogens is 1. The largest absolute Gasteiger partial charge is 0.487 e. The summed E-state index contributed by atoms with van der Waals surface area (Å²) >= 11 is 0. The van der Waals surface area contributed by atoms with Gasteiger partial charge in [0, 0.05) is 6.42 Å². The average molecular weight is 372 g/mol. The number of benzene rings is 2. The summed E-state index contributed by atoms with van der Waals surface area (Å²) < 4.78 is 24.9. The number of rotatable bonds is 10. The van der Waals surface area contributed by atoms with Gasteiger partial charge in [-0.25, -0.2) is 4.39 Å². The molecule has 0 saturated carbocycles. The fourth-order valence-corrected chi connectivity index (χ4v) is 2.79. The quantitative estimate of drug-likeness (QED) is 0.382. The molecule has 27 heavy (non-hydrogen) atoms. The number of ether oxygens (including phenoxy) is 2. The van der Waals surface area contributed by atoms with Crippen molar-refractivity contribution in [2.45, 2.75) is 59.0 Å². The van der Waals surface area contributed by atoms with Gasteiger partial charge in [-0.2, -0.15) is 0 Å². The Labute approximate surface area is 161 Å². The van der Waals surface area contributed by atoms with Crippen LogP contribution >= 0.6 is 0 Å². The molecule has 0 spiro atoms. The third kappa shape index (κ3) is 6.70. The first-order valence-electron chi connectivity index (χ1n) is 9.74. The molecule has 0 fully saturated rings. The summed E-state index contributed by atoms with van der Waals surface area (Å²) in [5.41, 5.74) is 3.10. The molecule has 0 aliphatic carbocycles. The van der Waals surface area contributed by atoms with Crippen LogP contribution in [-0.2, 0) is 16.0 Å². The molecule has 0 saturated heterocycles. The summed E-state index contributed by atoms with van der Waals surface area (Å²) in [5, 5.41) is 0. The van der Waals surface area contributed by atoms with Crippen molar-refractivity contribution in [1.29, 1.82) is 0 Å². The maximum atomic E-state index is 14.4. The molecule has 3 nitrogen and oxygen atoms in total. The molecule has 1 atom stereocenters. The first-order chi connectivity index (χ1) is 13.0. The topological polar surface area (TPSA) is 35.5 Å². The number of carbonyl (C=O) groups is 1. The van der Waals surface area contributed by atoms with Crippen LogP contribution in [0.25, 0.3) is 11.1 Å². The molecule has 4 heteroatoms. The molecule has 0 aliphatic rings. The zero-order valence-corrected chi connectivity index (χ0v) is 16.5. The highest BCUT2D eigenvalue weighted by Gasteiger charge is 2.11. The van der Waals surface area contributed by atoms with Gasteiger partial charge in [0.1, 0.15) is 12.7 Å². The lowest BCUT2D eigenvalue weighted by atomic mass is 10.0. The van der Waals surface area contributed by atoms with E-state index < -0.39 is 11.9 Å². The summed E-state index contributed by atoms with van der Waals surface area (Å²) in [6, 6.07) is 13.2. The van der Waals surface area contributed by atoms with Gasteiger partial charge in [-0.1, -0.05) is 57.0 Å². The maximum absolute atomic E-state index is 14.4. The summed E-state index contributed by atoms with van der Waals surface area (Å²) in [4.78, 5) is 11.2. The van der Waals surface area contributed by atoms with Gasteiger partial charge in [0.25, 0.3) is 0 Å². The van der Waals surface area contributed by atoms with Crippen LogP contribution < -0.4 is 4.74 Å². The van der Waals surface area contributed by atoms with Gasteiger partial charge in [0.15, 0.2) is 11.6 Å². The summed E-state index contributed by atoms with van der Waals surface area (Å²) in [6.45, 7) is 5.77. The van der Waals surface area contributed by atoms with Crippen LogP contribution in [0.1, 0.15) is 52.0 Å². The zero-order valence-electron chi connectivity index (χ0n) is 16.5. The predicted molar refractivity (Wildman–Crippen MR) is 106 cm³/mol. The van der Waals surface area contributed by atoms with Gasteiger partial charge >= 0.3 is 5.97 Å². The number of unbranched alkanes of at least 4 members (excludes halogenated alkanes) is 2. The average Bonchev–Trinajstić information content (AvgIpc) is 2.67. The van der Waals surface area contributed by atoms with Crippen LogP contribution in [0, 0.1) is 5.82 Å². The van der Waals surface area contributed by atoms with Gasteiger partial charge in [-0.3, -0.25) is 4.79 Å². The highest BCUT2D eigenvalue weighted by Crippen LogP contribution is 2.26. The van der Waals surface area contributed by atoms with Crippen LogP contribution in [-0.4, -0.2) is 18.7 Å². The molecule has 1 unspecified atom stereocenters. The Morgan fingerprint density at radius 2 is 1.74 bits per heavy atom. The van der Waals surface area contributed by atoms with E-state index in [9.17, 15) is 9.18 Å². The maximum Gasteiger partial charge on any atom is 0.305 e. The van der Waals surface area contributed by atoms with Crippen LogP contribution in [0.5, 0.6) is 5.75 Å². The van der Waals surface area contributed by atoms with E-state index in [1.807, 2.05) is 18.2 Å². The first kappa shape index (κ1) is 20.9. The fourth-order valence-electron chi connectivity index (χ4n) is 2.79. The van der Waals surface area contributed by atoms with Crippen molar-refractivity contribution < 1.29 is 18.7 Å².